The van der Waals surface area contributed by atoms with Gasteiger partial charge in [-0.15, -0.1) is 0 Å². The van der Waals surface area contributed by atoms with Gasteiger partial charge in [-0.05, 0) is 48.9 Å². The Hall–Kier alpha value is -1.66. The van der Waals surface area contributed by atoms with E-state index in [9.17, 15) is 17.2 Å². The Balaban J connectivity index is 2.43. The van der Waals surface area contributed by atoms with Crippen LogP contribution in [0.5, 0.6) is 0 Å². The van der Waals surface area contributed by atoms with Gasteiger partial charge in [-0.2, -0.15) is 0 Å². The number of hydrogen-bond acceptors (Lipinski definition) is 2. The number of rotatable bonds is 3. The van der Waals surface area contributed by atoms with Gasteiger partial charge < -0.3 is 0 Å². The van der Waals surface area contributed by atoms with Gasteiger partial charge in [-0.3, -0.25) is 4.72 Å². The second-order valence-electron chi connectivity index (χ2n) is 4.14. The van der Waals surface area contributed by atoms with Gasteiger partial charge in [0.1, 0.15) is 16.5 Å². The van der Waals surface area contributed by atoms with Crippen LogP contribution in [0.2, 0.25) is 5.02 Å². The van der Waals surface area contributed by atoms with Crippen molar-refractivity contribution in [2.75, 3.05) is 4.72 Å². The summed E-state index contributed by atoms with van der Waals surface area (Å²) < 4.78 is 52.9. The highest BCUT2D eigenvalue weighted by atomic mass is 35.5. The number of halogens is 3. The lowest BCUT2D eigenvalue weighted by atomic mass is 10.2. The van der Waals surface area contributed by atoms with Crippen molar-refractivity contribution >= 4 is 27.3 Å². The van der Waals surface area contributed by atoms with Crippen LogP contribution in [-0.4, -0.2) is 8.42 Å². The van der Waals surface area contributed by atoms with E-state index in [4.69, 9.17) is 11.6 Å². The maximum atomic E-state index is 13.5. The predicted octanol–water partition coefficient (Wildman–Crippen LogP) is 3.73. The SMILES string of the molecule is Cc1cc(Cl)ccc1NS(=O)(=O)c1cc(F)ccc1F. The number of aryl methyl sites for hydroxylation is 1. The van der Waals surface area contributed by atoms with Crippen LogP contribution in [0.1, 0.15) is 5.56 Å². The molecule has 0 saturated heterocycles. The molecule has 0 aliphatic heterocycles. The number of hydrogen-bond donors (Lipinski definition) is 1. The van der Waals surface area contributed by atoms with Crippen LogP contribution in [0, 0.1) is 18.6 Å². The van der Waals surface area contributed by atoms with Crippen LogP contribution >= 0.6 is 11.6 Å². The van der Waals surface area contributed by atoms with E-state index < -0.39 is 26.6 Å². The van der Waals surface area contributed by atoms with Crippen LogP contribution in [0.4, 0.5) is 14.5 Å². The summed E-state index contributed by atoms with van der Waals surface area (Å²) in [6.07, 6.45) is 0. The van der Waals surface area contributed by atoms with E-state index in [1.807, 2.05) is 0 Å². The van der Waals surface area contributed by atoms with Gasteiger partial charge in [0.05, 0.1) is 5.69 Å². The first-order chi connectivity index (χ1) is 9.29. The molecule has 0 heterocycles. The molecule has 0 aliphatic carbocycles. The van der Waals surface area contributed by atoms with Gasteiger partial charge in [0.2, 0.25) is 0 Å². The Morgan fingerprint density at radius 3 is 2.45 bits per heavy atom. The summed E-state index contributed by atoms with van der Waals surface area (Å²) in [5.41, 5.74) is 0.816. The quantitative estimate of drug-likeness (QED) is 0.937. The molecule has 0 spiro atoms. The molecule has 2 aromatic rings. The van der Waals surface area contributed by atoms with E-state index in [-0.39, 0.29) is 5.69 Å². The minimum atomic E-state index is -4.21. The zero-order chi connectivity index (χ0) is 14.9. The third-order valence-corrected chi connectivity index (χ3v) is 4.23. The molecule has 7 heteroatoms. The molecule has 0 radical (unpaired) electrons. The minimum absolute atomic E-state index is 0.248. The molecule has 0 saturated carbocycles. The molecule has 0 amide bonds. The second-order valence-corrected chi connectivity index (χ2v) is 6.23. The molecule has 106 valence electrons. The van der Waals surface area contributed by atoms with Crippen LogP contribution in [0.15, 0.2) is 41.3 Å². The van der Waals surface area contributed by atoms with E-state index in [0.29, 0.717) is 16.7 Å². The molecule has 2 aromatic carbocycles. The van der Waals surface area contributed by atoms with Gasteiger partial charge >= 0.3 is 0 Å². The highest BCUT2D eigenvalue weighted by molar-refractivity contribution is 7.92. The third kappa shape index (κ3) is 3.08. The van der Waals surface area contributed by atoms with Gasteiger partial charge in [0.15, 0.2) is 0 Å². The molecule has 0 aromatic heterocycles. The molecule has 0 aliphatic rings. The maximum absolute atomic E-state index is 13.5. The van der Waals surface area contributed by atoms with Crippen LogP contribution in [0.25, 0.3) is 0 Å². The lowest BCUT2D eigenvalue weighted by Crippen LogP contribution is -2.15. The van der Waals surface area contributed by atoms with Crippen molar-refractivity contribution in [3.8, 4) is 0 Å². The Morgan fingerprint density at radius 2 is 1.80 bits per heavy atom. The van der Waals surface area contributed by atoms with Gasteiger partial charge in [0, 0.05) is 5.02 Å². The largest absolute Gasteiger partial charge is 0.279 e. The Morgan fingerprint density at radius 1 is 1.10 bits per heavy atom. The number of sulfonamides is 1. The molecule has 0 bridgehead atoms. The first-order valence-corrected chi connectivity index (χ1v) is 7.40. The van der Waals surface area contributed by atoms with Crippen molar-refractivity contribution in [1.82, 2.24) is 0 Å². The fourth-order valence-electron chi connectivity index (χ4n) is 1.62. The monoisotopic (exact) mass is 317 g/mol. The molecule has 20 heavy (non-hydrogen) atoms. The number of benzene rings is 2. The van der Waals surface area contributed by atoms with Gasteiger partial charge in [-0.1, -0.05) is 11.6 Å². The topological polar surface area (TPSA) is 46.2 Å². The predicted molar refractivity (Wildman–Crippen MR) is 73.4 cm³/mol. The molecule has 1 N–H and O–H groups in total. The standard InChI is InChI=1S/C13H10ClF2NO2S/c1-8-6-9(14)2-5-12(8)17-20(18,19)13-7-10(15)3-4-11(13)16/h2-7,17H,1H3. The van der Waals surface area contributed by atoms with Crippen molar-refractivity contribution in [1.29, 1.82) is 0 Å². The van der Waals surface area contributed by atoms with E-state index in [0.717, 1.165) is 12.1 Å². The van der Waals surface area contributed by atoms with E-state index >= 15 is 0 Å². The zero-order valence-electron chi connectivity index (χ0n) is 10.3. The molecule has 2 rings (SSSR count). The van der Waals surface area contributed by atoms with Crippen molar-refractivity contribution in [2.45, 2.75) is 11.8 Å². The second kappa shape index (κ2) is 5.38. The Kier molecular flexibility index (Phi) is 3.96. The highest BCUT2D eigenvalue weighted by Crippen LogP contribution is 2.24. The summed E-state index contributed by atoms with van der Waals surface area (Å²) >= 11 is 5.76. The van der Waals surface area contributed by atoms with Crippen LogP contribution in [0.3, 0.4) is 0 Å². The minimum Gasteiger partial charge on any atom is -0.279 e. The van der Waals surface area contributed by atoms with Crippen molar-refractivity contribution < 1.29 is 17.2 Å². The molecular weight excluding hydrogens is 308 g/mol. The first kappa shape index (κ1) is 14.7. The molecule has 0 unspecified atom stereocenters. The van der Waals surface area contributed by atoms with Crippen molar-refractivity contribution in [3.63, 3.8) is 0 Å². The fourth-order valence-corrected chi connectivity index (χ4v) is 3.07. The smallest absolute Gasteiger partial charge is 0.264 e. The summed E-state index contributed by atoms with van der Waals surface area (Å²) in [7, 11) is -4.21. The zero-order valence-corrected chi connectivity index (χ0v) is 11.9. The summed E-state index contributed by atoms with van der Waals surface area (Å²) in [5.74, 6) is -1.86. The summed E-state index contributed by atoms with van der Waals surface area (Å²) in [6, 6.07) is 6.74. The Bertz CT molecular complexity index is 763. The molecule has 0 fully saturated rings. The van der Waals surface area contributed by atoms with E-state index in [2.05, 4.69) is 4.72 Å². The molecule has 0 atom stereocenters. The molecule has 3 nitrogen and oxygen atoms in total. The lowest BCUT2D eigenvalue weighted by molar-refractivity contribution is 0.555. The summed E-state index contributed by atoms with van der Waals surface area (Å²) in [4.78, 5) is -0.744. The average Bonchev–Trinajstić information content (AvgIpc) is 2.35. The van der Waals surface area contributed by atoms with Crippen LogP contribution in [-0.2, 0) is 10.0 Å². The van der Waals surface area contributed by atoms with Crippen molar-refractivity contribution in [3.05, 3.63) is 58.6 Å². The van der Waals surface area contributed by atoms with Crippen LogP contribution < -0.4 is 4.72 Å². The average molecular weight is 318 g/mol. The summed E-state index contributed by atoms with van der Waals surface area (Å²) in [5, 5.41) is 0.447. The highest BCUT2D eigenvalue weighted by Gasteiger charge is 2.20. The lowest BCUT2D eigenvalue weighted by Gasteiger charge is -2.11. The number of nitrogens with one attached hydrogen (secondary N) is 1. The van der Waals surface area contributed by atoms with E-state index in [1.54, 1.807) is 13.0 Å². The van der Waals surface area contributed by atoms with Crippen molar-refractivity contribution in [2.24, 2.45) is 0 Å². The normalized spacial score (nSPS) is 11.4. The fraction of sp³-hybridized carbons (Fsp3) is 0.0769. The Labute approximate surface area is 120 Å². The first-order valence-electron chi connectivity index (χ1n) is 5.53. The summed E-state index contributed by atoms with van der Waals surface area (Å²) in [6.45, 7) is 1.64. The van der Waals surface area contributed by atoms with E-state index in [1.165, 1.54) is 12.1 Å². The third-order valence-electron chi connectivity index (χ3n) is 2.62. The number of anilines is 1. The maximum Gasteiger partial charge on any atom is 0.264 e. The molecular formula is C13H10ClF2NO2S. The van der Waals surface area contributed by atoms with Gasteiger partial charge in [0.25, 0.3) is 10.0 Å². The van der Waals surface area contributed by atoms with Gasteiger partial charge in [-0.25, -0.2) is 17.2 Å².